The van der Waals surface area contributed by atoms with Crippen molar-refractivity contribution >= 4 is 50.0 Å². The minimum Gasteiger partial charge on any atom is -0.351 e. The summed E-state index contributed by atoms with van der Waals surface area (Å²) in [6.07, 6.45) is 1.27. The van der Waals surface area contributed by atoms with Crippen molar-refractivity contribution in [1.29, 1.82) is 5.41 Å². The number of halogens is 1. The Hall–Kier alpha value is -3.04. The van der Waals surface area contributed by atoms with Crippen LogP contribution in [0.2, 0.25) is 5.02 Å². The zero-order chi connectivity index (χ0) is 20.6. The molecule has 2 aromatic heterocycles. The largest absolute Gasteiger partial charge is 0.351 e. The Bertz CT molecular complexity index is 1320. The number of anilines is 1. The SMILES string of the molecule is CCN(CC=N)c1nc2c(S(=O)(=O)c3ccccc3)nnn2c2ccc(Cl)cc12. The number of nitrogens with zero attached hydrogens (tertiary/aromatic N) is 5. The molecule has 10 heteroatoms. The fourth-order valence-corrected chi connectivity index (χ4v) is 4.58. The van der Waals surface area contributed by atoms with Gasteiger partial charge in [0.15, 0.2) is 5.65 Å². The minimum atomic E-state index is -3.91. The normalized spacial score (nSPS) is 11.8. The lowest BCUT2D eigenvalue weighted by Crippen LogP contribution is -2.26. The zero-order valence-electron chi connectivity index (χ0n) is 15.4. The van der Waals surface area contributed by atoms with Crippen LogP contribution in [-0.2, 0) is 9.84 Å². The quantitative estimate of drug-likeness (QED) is 0.473. The topological polar surface area (TPSA) is 104 Å². The number of aromatic nitrogens is 4. The van der Waals surface area contributed by atoms with E-state index in [0.717, 1.165) is 0 Å². The van der Waals surface area contributed by atoms with Gasteiger partial charge in [-0.25, -0.2) is 13.4 Å². The smallest absolute Gasteiger partial charge is 0.229 e. The first-order valence-corrected chi connectivity index (χ1v) is 10.7. The van der Waals surface area contributed by atoms with Crippen molar-refractivity contribution in [2.24, 2.45) is 0 Å². The molecule has 2 heterocycles. The second-order valence-corrected chi connectivity index (χ2v) is 8.59. The van der Waals surface area contributed by atoms with Gasteiger partial charge in [0.1, 0.15) is 5.82 Å². The summed E-state index contributed by atoms with van der Waals surface area (Å²) in [4.78, 5) is 6.59. The van der Waals surface area contributed by atoms with E-state index in [-0.39, 0.29) is 15.6 Å². The maximum atomic E-state index is 13.1. The van der Waals surface area contributed by atoms with Crippen LogP contribution in [0, 0.1) is 5.41 Å². The van der Waals surface area contributed by atoms with Gasteiger partial charge in [0.25, 0.3) is 0 Å². The molecule has 0 saturated heterocycles. The summed E-state index contributed by atoms with van der Waals surface area (Å²) in [7, 11) is -3.91. The zero-order valence-corrected chi connectivity index (χ0v) is 17.0. The van der Waals surface area contributed by atoms with Crippen molar-refractivity contribution in [3.05, 3.63) is 53.6 Å². The third kappa shape index (κ3) is 3.22. The third-order valence-electron chi connectivity index (χ3n) is 4.56. The minimum absolute atomic E-state index is 0.119. The molecule has 0 aliphatic heterocycles. The molecule has 0 aliphatic carbocycles. The van der Waals surface area contributed by atoms with E-state index in [0.29, 0.717) is 34.8 Å². The van der Waals surface area contributed by atoms with Crippen molar-refractivity contribution < 1.29 is 8.42 Å². The van der Waals surface area contributed by atoms with Crippen molar-refractivity contribution in [2.75, 3.05) is 18.0 Å². The van der Waals surface area contributed by atoms with Gasteiger partial charge in [-0.2, -0.15) is 4.52 Å². The number of hydrogen-bond donors (Lipinski definition) is 1. The summed E-state index contributed by atoms with van der Waals surface area (Å²) in [6.45, 7) is 2.83. The van der Waals surface area contributed by atoms with Gasteiger partial charge in [0.05, 0.1) is 17.0 Å². The molecule has 0 spiro atoms. The molecule has 1 N–H and O–H groups in total. The molecule has 8 nitrogen and oxygen atoms in total. The Morgan fingerprint density at radius 3 is 2.66 bits per heavy atom. The first-order valence-electron chi connectivity index (χ1n) is 8.86. The fourth-order valence-electron chi connectivity index (χ4n) is 3.15. The van der Waals surface area contributed by atoms with Crippen molar-refractivity contribution in [2.45, 2.75) is 16.8 Å². The molecule has 0 atom stereocenters. The lowest BCUT2D eigenvalue weighted by atomic mass is 10.2. The van der Waals surface area contributed by atoms with Gasteiger partial charge in [-0.15, -0.1) is 5.10 Å². The van der Waals surface area contributed by atoms with Crippen LogP contribution in [0.1, 0.15) is 6.92 Å². The van der Waals surface area contributed by atoms with Crippen molar-refractivity contribution in [3.8, 4) is 0 Å². The standard InChI is InChI=1S/C19H17ClN6O2S/c1-2-25(11-10-21)17-15-12-13(20)8-9-16(15)26-18(22-17)19(23-24-26)29(27,28)14-6-4-3-5-7-14/h3-10,12,21H,2,11H2,1H3. The summed E-state index contributed by atoms with van der Waals surface area (Å²) in [6, 6.07) is 13.3. The molecular weight excluding hydrogens is 412 g/mol. The summed E-state index contributed by atoms with van der Waals surface area (Å²) >= 11 is 6.19. The van der Waals surface area contributed by atoms with E-state index < -0.39 is 9.84 Å². The fraction of sp³-hybridized carbons (Fsp3) is 0.158. The number of sulfone groups is 1. The molecule has 0 fully saturated rings. The number of hydrogen-bond acceptors (Lipinski definition) is 7. The molecule has 0 bridgehead atoms. The number of nitrogens with one attached hydrogen (secondary N) is 1. The number of benzene rings is 2. The van der Waals surface area contributed by atoms with Crippen LogP contribution >= 0.6 is 11.6 Å². The molecule has 0 aliphatic rings. The van der Waals surface area contributed by atoms with Gasteiger partial charge in [0, 0.05) is 23.2 Å². The summed E-state index contributed by atoms with van der Waals surface area (Å²) < 4.78 is 27.7. The number of fused-ring (bicyclic) bond motifs is 3. The van der Waals surface area contributed by atoms with Crippen LogP contribution in [0.25, 0.3) is 16.6 Å². The van der Waals surface area contributed by atoms with Gasteiger partial charge >= 0.3 is 0 Å². The monoisotopic (exact) mass is 428 g/mol. The molecule has 4 aromatic rings. The van der Waals surface area contributed by atoms with E-state index >= 15 is 0 Å². The highest BCUT2D eigenvalue weighted by Gasteiger charge is 2.27. The van der Waals surface area contributed by atoms with E-state index in [4.69, 9.17) is 17.0 Å². The Morgan fingerprint density at radius 2 is 1.97 bits per heavy atom. The highest BCUT2D eigenvalue weighted by atomic mass is 35.5. The predicted octanol–water partition coefficient (Wildman–Crippen LogP) is 3.24. The Kier molecular flexibility index (Phi) is 4.93. The molecule has 4 rings (SSSR count). The van der Waals surface area contributed by atoms with E-state index in [1.165, 1.54) is 22.9 Å². The van der Waals surface area contributed by atoms with Gasteiger partial charge in [0.2, 0.25) is 14.9 Å². The van der Waals surface area contributed by atoms with Gasteiger partial charge in [-0.05, 0) is 37.3 Å². The predicted molar refractivity (Wildman–Crippen MR) is 112 cm³/mol. The maximum absolute atomic E-state index is 13.1. The van der Waals surface area contributed by atoms with Crippen LogP contribution < -0.4 is 4.90 Å². The Labute approximate surface area is 172 Å². The third-order valence-corrected chi connectivity index (χ3v) is 6.46. The maximum Gasteiger partial charge on any atom is 0.229 e. The Balaban J connectivity index is 2.06. The van der Waals surface area contributed by atoms with E-state index in [9.17, 15) is 8.42 Å². The average Bonchev–Trinajstić information content (AvgIpc) is 3.17. The molecule has 148 valence electrons. The summed E-state index contributed by atoms with van der Waals surface area (Å²) in [5.41, 5.74) is 0.752. The average molecular weight is 429 g/mol. The lowest BCUT2D eigenvalue weighted by Gasteiger charge is -2.21. The highest BCUT2D eigenvalue weighted by Crippen LogP contribution is 2.31. The summed E-state index contributed by atoms with van der Waals surface area (Å²) in [5, 5.41) is 16.5. The van der Waals surface area contributed by atoms with E-state index in [1.54, 1.807) is 36.4 Å². The van der Waals surface area contributed by atoms with Crippen molar-refractivity contribution in [3.63, 3.8) is 0 Å². The lowest BCUT2D eigenvalue weighted by molar-refractivity contribution is 0.592. The molecule has 2 aromatic carbocycles. The van der Waals surface area contributed by atoms with Crippen LogP contribution in [-0.4, -0.2) is 47.5 Å². The molecule has 0 saturated carbocycles. The summed E-state index contributed by atoms with van der Waals surface area (Å²) in [5.74, 6) is 0.521. The molecule has 29 heavy (non-hydrogen) atoms. The van der Waals surface area contributed by atoms with Crippen molar-refractivity contribution in [1.82, 2.24) is 19.8 Å². The Morgan fingerprint density at radius 1 is 1.21 bits per heavy atom. The van der Waals surface area contributed by atoms with Gasteiger partial charge < -0.3 is 10.3 Å². The van der Waals surface area contributed by atoms with Crippen LogP contribution in [0.15, 0.2) is 58.5 Å². The van der Waals surface area contributed by atoms with E-state index in [2.05, 4.69) is 15.3 Å². The van der Waals surface area contributed by atoms with Crippen LogP contribution in [0.4, 0.5) is 5.82 Å². The molecular formula is C19H17ClN6O2S. The second-order valence-electron chi connectivity index (χ2n) is 6.29. The number of rotatable bonds is 6. The van der Waals surface area contributed by atoms with Crippen LogP contribution in [0.3, 0.4) is 0 Å². The molecule has 0 unspecified atom stereocenters. The van der Waals surface area contributed by atoms with Gasteiger partial charge in [-0.1, -0.05) is 35.0 Å². The molecule has 0 radical (unpaired) electrons. The van der Waals surface area contributed by atoms with Crippen LogP contribution in [0.5, 0.6) is 0 Å². The second kappa shape index (κ2) is 7.41. The van der Waals surface area contributed by atoms with E-state index in [1.807, 2.05) is 11.8 Å². The first kappa shape index (κ1) is 19.3. The van der Waals surface area contributed by atoms with Gasteiger partial charge in [-0.3, -0.25) is 0 Å². The highest BCUT2D eigenvalue weighted by molar-refractivity contribution is 7.91. The molecule has 0 amide bonds. The first-order chi connectivity index (χ1) is 14.0.